The van der Waals surface area contributed by atoms with E-state index in [0.29, 0.717) is 5.41 Å². The van der Waals surface area contributed by atoms with Crippen molar-refractivity contribution in [3.05, 3.63) is 0 Å². The van der Waals surface area contributed by atoms with E-state index in [1.165, 1.54) is 38.5 Å². The Morgan fingerprint density at radius 3 is 2.39 bits per heavy atom. The first-order chi connectivity index (χ1) is 11.0. The smallest absolute Gasteiger partial charge is 0.243 e. The molecule has 0 aromatic heterocycles. The highest BCUT2D eigenvalue weighted by atomic mass is 32.2. The molecule has 0 aliphatic heterocycles. The van der Waals surface area contributed by atoms with Crippen molar-refractivity contribution in [2.24, 2.45) is 10.4 Å². The van der Waals surface area contributed by atoms with Gasteiger partial charge in [-0.2, -0.15) is 11.8 Å². The highest BCUT2D eigenvalue weighted by molar-refractivity contribution is 7.98. The molecule has 134 valence electrons. The molecule has 1 aliphatic carbocycles. The van der Waals surface area contributed by atoms with Gasteiger partial charge in [0.05, 0.1) is 0 Å². The summed E-state index contributed by atoms with van der Waals surface area (Å²) in [6, 6.07) is 0. The molecule has 0 spiro atoms. The Kier molecular flexibility index (Phi) is 9.44. The predicted octanol–water partition coefficient (Wildman–Crippen LogP) is 2.33. The highest BCUT2D eigenvalue weighted by Gasteiger charge is 2.25. The fraction of sp³-hybridized carbons (Fsp3) is 0.882. The minimum Gasteiger partial charge on any atom is -0.356 e. The largest absolute Gasteiger partial charge is 0.356 e. The van der Waals surface area contributed by atoms with Gasteiger partial charge in [-0.05, 0) is 24.5 Å². The van der Waals surface area contributed by atoms with Crippen molar-refractivity contribution in [1.29, 1.82) is 0 Å². The van der Waals surface area contributed by atoms with Gasteiger partial charge in [-0.1, -0.05) is 32.6 Å². The Labute approximate surface area is 146 Å². The molecule has 0 radical (unpaired) electrons. The lowest BCUT2D eigenvalue weighted by Crippen LogP contribution is -2.44. The summed E-state index contributed by atoms with van der Waals surface area (Å²) >= 11 is 1.80. The van der Waals surface area contributed by atoms with Crippen LogP contribution in [0.5, 0.6) is 0 Å². The summed E-state index contributed by atoms with van der Waals surface area (Å²) in [5.41, 5.74) is 0.337. The number of guanidine groups is 1. The van der Waals surface area contributed by atoms with Crippen molar-refractivity contribution >= 4 is 23.6 Å². The highest BCUT2D eigenvalue weighted by Crippen LogP contribution is 2.33. The number of carbonyl (C=O) groups is 1. The topological polar surface area (TPSA) is 56.7 Å². The molecular formula is C17H34N4OS. The van der Waals surface area contributed by atoms with Gasteiger partial charge in [0.25, 0.3) is 0 Å². The van der Waals surface area contributed by atoms with E-state index in [9.17, 15) is 4.79 Å². The summed E-state index contributed by atoms with van der Waals surface area (Å²) in [6.45, 7) is 4.35. The average molecular weight is 343 g/mol. The molecule has 23 heavy (non-hydrogen) atoms. The molecular weight excluding hydrogens is 308 g/mol. The van der Waals surface area contributed by atoms with E-state index in [1.807, 2.05) is 0 Å². The first kappa shape index (κ1) is 20.1. The number of amides is 1. The van der Waals surface area contributed by atoms with Gasteiger partial charge in [0.2, 0.25) is 5.91 Å². The zero-order valence-electron chi connectivity index (χ0n) is 15.3. The minimum atomic E-state index is 0.0247. The number of hydrogen-bond acceptors (Lipinski definition) is 3. The molecule has 1 rings (SSSR count). The molecule has 5 nitrogen and oxygen atoms in total. The molecule has 1 saturated carbocycles. The normalized spacial score (nSPS) is 18.2. The number of rotatable bonds is 7. The van der Waals surface area contributed by atoms with Crippen LogP contribution in [0.3, 0.4) is 0 Å². The second-order valence-electron chi connectivity index (χ2n) is 6.95. The van der Waals surface area contributed by atoms with Gasteiger partial charge in [-0.15, -0.1) is 0 Å². The van der Waals surface area contributed by atoms with Gasteiger partial charge in [-0.25, -0.2) is 4.99 Å². The van der Waals surface area contributed by atoms with E-state index in [2.05, 4.69) is 28.8 Å². The number of aliphatic imine (C=N–C) groups is 1. The van der Waals surface area contributed by atoms with Crippen LogP contribution in [-0.2, 0) is 4.79 Å². The fourth-order valence-corrected chi connectivity index (χ4v) is 3.10. The Hall–Kier alpha value is -0.910. The van der Waals surface area contributed by atoms with Crippen LogP contribution in [0, 0.1) is 5.41 Å². The lowest BCUT2D eigenvalue weighted by atomic mass is 9.82. The average Bonchev–Trinajstić information content (AvgIpc) is 2.74. The van der Waals surface area contributed by atoms with Gasteiger partial charge < -0.3 is 15.5 Å². The zero-order valence-corrected chi connectivity index (χ0v) is 16.1. The first-order valence-electron chi connectivity index (χ1n) is 8.68. The fourth-order valence-electron chi connectivity index (χ4n) is 2.79. The van der Waals surface area contributed by atoms with Crippen LogP contribution in [0.15, 0.2) is 4.99 Å². The first-order valence-corrected chi connectivity index (χ1v) is 10.1. The molecule has 2 N–H and O–H groups in total. The SMILES string of the molecule is CSCCNC(=NCC(=O)N(C)C)NCC1(C)CCCCCC1. The monoisotopic (exact) mass is 342 g/mol. The third-order valence-corrected chi connectivity index (χ3v) is 5.08. The predicted molar refractivity (Wildman–Crippen MR) is 101 cm³/mol. The maximum absolute atomic E-state index is 11.8. The molecule has 0 bridgehead atoms. The molecule has 1 fully saturated rings. The van der Waals surface area contributed by atoms with Crippen molar-refractivity contribution in [3.63, 3.8) is 0 Å². The lowest BCUT2D eigenvalue weighted by molar-refractivity contribution is -0.127. The molecule has 0 heterocycles. The van der Waals surface area contributed by atoms with Crippen molar-refractivity contribution in [1.82, 2.24) is 15.5 Å². The van der Waals surface area contributed by atoms with Gasteiger partial charge in [0.15, 0.2) is 5.96 Å². The Balaban J connectivity index is 2.56. The van der Waals surface area contributed by atoms with E-state index in [0.717, 1.165) is 24.8 Å². The van der Waals surface area contributed by atoms with Crippen LogP contribution in [0.25, 0.3) is 0 Å². The van der Waals surface area contributed by atoms with E-state index in [-0.39, 0.29) is 12.5 Å². The maximum atomic E-state index is 11.8. The molecule has 1 aliphatic rings. The van der Waals surface area contributed by atoms with Crippen molar-refractivity contribution in [2.75, 3.05) is 45.7 Å². The van der Waals surface area contributed by atoms with Crippen molar-refractivity contribution in [2.45, 2.75) is 45.4 Å². The third-order valence-electron chi connectivity index (χ3n) is 4.46. The molecule has 0 aromatic carbocycles. The quantitative estimate of drug-likeness (QED) is 0.323. The Bertz CT molecular complexity index is 377. The van der Waals surface area contributed by atoms with Gasteiger partial charge in [-0.3, -0.25) is 4.79 Å². The van der Waals surface area contributed by atoms with Gasteiger partial charge >= 0.3 is 0 Å². The molecule has 1 amide bonds. The second kappa shape index (κ2) is 10.8. The van der Waals surface area contributed by atoms with Crippen molar-refractivity contribution in [3.8, 4) is 0 Å². The summed E-state index contributed by atoms with van der Waals surface area (Å²) in [7, 11) is 3.53. The lowest BCUT2D eigenvalue weighted by Gasteiger charge is -2.29. The van der Waals surface area contributed by atoms with Gasteiger partial charge in [0, 0.05) is 32.9 Å². The van der Waals surface area contributed by atoms with E-state index < -0.39 is 0 Å². The number of nitrogens with one attached hydrogen (secondary N) is 2. The minimum absolute atomic E-state index is 0.0247. The van der Waals surface area contributed by atoms with Crippen LogP contribution >= 0.6 is 11.8 Å². The molecule has 0 saturated heterocycles. The van der Waals surface area contributed by atoms with E-state index in [4.69, 9.17) is 0 Å². The van der Waals surface area contributed by atoms with Crippen molar-refractivity contribution < 1.29 is 4.79 Å². The number of thioether (sulfide) groups is 1. The summed E-state index contributed by atoms with van der Waals surface area (Å²) in [5.74, 6) is 1.82. The summed E-state index contributed by atoms with van der Waals surface area (Å²) < 4.78 is 0. The number of nitrogens with zero attached hydrogens (tertiary/aromatic N) is 2. The number of hydrogen-bond donors (Lipinski definition) is 2. The molecule has 6 heteroatoms. The molecule has 0 aromatic rings. The number of likely N-dealkylation sites (N-methyl/N-ethyl adjacent to an activating group) is 1. The summed E-state index contributed by atoms with van der Waals surface area (Å²) in [5, 5.41) is 6.80. The number of carbonyl (C=O) groups excluding carboxylic acids is 1. The van der Waals surface area contributed by atoms with Crippen LogP contribution in [0.1, 0.15) is 45.4 Å². The standard InChI is InChI=1S/C17H34N4OS/c1-17(9-7-5-6-8-10-17)14-20-16(18-11-12-23-4)19-13-15(22)21(2)3/h5-14H2,1-4H3,(H2,18,19,20). The van der Waals surface area contributed by atoms with Crippen LogP contribution in [0.2, 0.25) is 0 Å². The summed E-state index contributed by atoms with van der Waals surface area (Å²) in [6.07, 6.45) is 10.0. The maximum Gasteiger partial charge on any atom is 0.243 e. The summed E-state index contributed by atoms with van der Waals surface area (Å²) in [4.78, 5) is 17.8. The van der Waals surface area contributed by atoms with Crippen LogP contribution < -0.4 is 10.6 Å². The Morgan fingerprint density at radius 1 is 1.17 bits per heavy atom. The Morgan fingerprint density at radius 2 is 1.83 bits per heavy atom. The van der Waals surface area contributed by atoms with E-state index in [1.54, 1.807) is 30.8 Å². The van der Waals surface area contributed by atoms with E-state index >= 15 is 0 Å². The van der Waals surface area contributed by atoms with Gasteiger partial charge in [0.1, 0.15) is 6.54 Å². The zero-order chi connectivity index (χ0) is 17.1. The molecule has 0 atom stereocenters. The third kappa shape index (κ3) is 8.49. The second-order valence-corrected chi connectivity index (χ2v) is 7.94. The molecule has 0 unspecified atom stereocenters. The van der Waals surface area contributed by atoms with Crippen LogP contribution in [0.4, 0.5) is 0 Å². The van der Waals surface area contributed by atoms with Crippen LogP contribution in [-0.4, -0.2) is 62.5 Å².